The third kappa shape index (κ3) is 8.21. The van der Waals surface area contributed by atoms with Crippen molar-refractivity contribution in [1.82, 2.24) is 0 Å². The number of halogens is 2. The molecule has 0 saturated heterocycles. The highest BCUT2D eigenvalue weighted by Gasteiger charge is 2.26. The molecule has 0 radical (unpaired) electrons. The maximum atomic E-state index is 16.8. The van der Waals surface area contributed by atoms with Gasteiger partial charge in [-0.25, -0.2) is 13.6 Å². The molecule has 0 amide bonds. The molecule has 0 N–H and O–H groups in total. The Morgan fingerprint density at radius 2 is 0.784 bits per heavy atom. The molecule has 0 aliphatic heterocycles. The summed E-state index contributed by atoms with van der Waals surface area (Å²) in [5.41, 5.74) is 14.4. The summed E-state index contributed by atoms with van der Waals surface area (Å²) in [6.45, 7) is 11.5. The lowest BCUT2D eigenvalue weighted by atomic mass is 9.91. The first-order chi connectivity index (χ1) is 36.2. The van der Waals surface area contributed by atoms with Gasteiger partial charge in [-0.3, -0.25) is 0 Å². The highest BCUT2D eigenvalue weighted by molar-refractivity contribution is 6.28. The fraction of sp³-hybridized carbons (Fsp3) is 0.0294. The molecular weight excluding hydrogens is 911 g/mol. The molecule has 0 spiro atoms. The van der Waals surface area contributed by atoms with Crippen LogP contribution in [-0.4, -0.2) is 0 Å². The van der Waals surface area contributed by atoms with Gasteiger partial charge in [0.2, 0.25) is 0 Å². The summed E-state index contributed by atoms with van der Waals surface area (Å²) in [5, 5.41) is 15.5. The number of anilines is 6. The number of rotatable bonds is 10. The van der Waals surface area contributed by atoms with Crippen LogP contribution >= 0.6 is 0 Å². The highest BCUT2D eigenvalue weighted by Crippen LogP contribution is 2.50. The van der Waals surface area contributed by atoms with Gasteiger partial charge in [0, 0.05) is 22.1 Å². The monoisotopic (exact) mass is 954 g/mol. The van der Waals surface area contributed by atoms with E-state index in [0.29, 0.717) is 22.6 Å². The molecule has 4 nitrogen and oxygen atoms in total. The SMILES string of the molecule is [C-]#[N+]c1ccc(-c2cc(-c3ccccc3)cc(N(c3cc(C)ccc3F)c3ccc4ccc5c(N(c6cc(-c7ccccc7)cc(-c7ccc(C#N)cc7)c6)c6cc(C)ccc6F)ccc6ccc3c4c65)c2)cc1. The molecule has 74 heavy (non-hydrogen) atoms. The fourth-order valence-corrected chi connectivity index (χ4v) is 10.4. The molecule has 0 bridgehead atoms. The van der Waals surface area contributed by atoms with E-state index in [1.54, 1.807) is 12.1 Å². The number of nitrogens with zero attached hydrogens (tertiary/aromatic N) is 4. The largest absolute Gasteiger partial charge is 0.307 e. The van der Waals surface area contributed by atoms with E-state index in [1.165, 1.54) is 12.1 Å². The molecule has 0 aromatic heterocycles. The average molecular weight is 955 g/mol. The Balaban J connectivity index is 1.12. The molecule has 0 heterocycles. The van der Waals surface area contributed by atoms with Crippen LogP contribution in [0.15, 0.2) is 231 Å². The molecule has 0 fully saturated rings. The van der Waals surface area contributed by atoms with Crippen molar-refractivity contribution in [1.29, 1.82) is 5.26 Å². The molecule has 0 saturated carbocycles. The van der Waals surface area contributed by atoms with E-state index < -0.39 is 0 Å². The third-order valence-corrected chi connectivity index (χ3v) is 14.0. The second-order valence-corrected chi connectivity index (χ2v) is 18.8. The van der Waals surface area contributed by atoms with Crippen molar-refractivity contribution in [2.75, 3.05) is 9.80 Å². The lowest BCUT2D eigenvalue weighted by molar-refractivity contribution is 0.628. The summed E-state index contributed by atoms with van der Waals surface area (Å²) in [4.78, 5) is 7.70. The van der Waals surface area contributed by atoms with E-state index in [1.807, 2.05) is 121 Å². The van der Waals surface area contributed by atoms with E-state index in [-0.39, 0.29) is 11.6 Å². The number of benzene rings is 12. The summed E-state index contributed by atoms with van der Waals surface area (Å²) in [6, 6.07) is 77.8. The molecule has 0 atom stereocenters. The van der Waals surface area contributed by atoms with Crippen LogP contribution in [0.1, 0.15) is 16.7 Å². The maximum Gasteiger partial charge on any atom is 0.187 e. The van der Waals surface area contributed by atoms with Gasteiger partial charge in [-0.15, -0.1) is 0 Å². The Labute approximate surface area is 428 Å². The second-order valence-electron chi connectivity index (χ2n) is 18.8. The minimum absolute atomic E-state index is 0.370. The average Bonchev–Trinajstić information content (AvgIpc) is 3.47. The van der Waals surface area contributed by atoms with E-state index >= 15 is 8.78 Å². The van der Waals surface area contributed by atoms with Gasteiger partial charge in [0.25, 0.3) is 0 Å². The Hall–Kier alpha value is -9.88. The highest BCUT2D eigenvalue weighted by atomic mass is 19.1. The predicted molar refractivity (Wildman–Crippen MR) is 302 cm³/mol. The van der Waals surface area contributed by atoms with Crippen molar-refractivity contribution < 1.29 is 8.78 Å². The predicted octanol–water partition coefficient (Wildman–Crippen LogP) is 19.5. The minimum atomic E-state index is -0.371. The summed E-state index contributed by atoms with van der Waals surface area (Å²) in [5.74, 6) is -0.741. The summed E-state index contributed by atoms with van der Waals surface area (Å²) in [6.07, 6.45) is 0. The number of nitriles is 1. The van der Waals surface area contributed by atoms with E-state index in [4.69, 9.17) is 6.57 Å². The van der Waals surface area contributed by atoms with Crippen LogP contribution in [0.25, 0.3) is 81.7 Å². The number of hydrogen-bond acceptors (Lipinski definition) is 3. The van der Waals surface area contributed by atoms with Gasteiger partial charge >= 0.3 is 0 Å². The molecule has 12 rings (SSSR count). The number of aryl methyl sites for hydroxylation is 2. The van der Waals surface area contributed by atoms with Crippen molar-refractivity contribution >= 4 is 72.1 Å². The molecule has 12 aromatic rings. The van der Waals surface area contributed by atoms with E-state index in [9.17, 15) is 5.26 Å². The van der Waals surface area contributed by atoms with Crippen molar-refractivity contribution in [3.05, 3.63) is 270 Å². The summed E-state index contributed by atoms with van der Waals surface area (Å²) >= 11 is 0. The lowest BCUT2D eigenvalue weighted by Crippen LogP contribution is -2.14. The first kappa shape index (κ1) is 45.3. The van der Waals surface area contributed by atoms with Crippen molar-refractivity contribution in [3.8, 4) is 50.6 Å². The van der Waals surface area contributed by atoms with Crippen LogP contribution in [0.5, 0.6) is 0 Å². The van der Waals surface area contributed by atoms with Gasteiger partial charge in [-0.1, -0.05) is 146 Å². The van der Waals surface area contributed by atoms with Gasteiger partial charge in [-0.2, -0.15) is 5.26 Å². The minimum Gasteiger partial charge on any atom is -0.307 e. The molecule has 0 aliphatic carbocycles. The third-order valence-electron chi connectivity index (χ3n) is 14.0. The van der Waals surface area contributed by atoms with Crippen LogP contribution in [0.2, 0.25) is 0 Å². The Morgan fingerprint density at radius 1 is 0.392 bits per heavy atom. The van der Waals surface area contributed by atoms with Gasteiger partial charge in [0.15, 0.2) is 5.69 Å². The first-order valence-electron chi connectivity index (χ1n) is 24.4. The van der Waals surface area contributed by atoms with Gasteiger partial charge in [0.05, 0.1) is 41.0 Å². The molecule has 12 aromatic carbocycles. The van der Waals surface area contributed by atoms with Crippen molar-refractivity contribution in [2.45, 2.75) is 13.8 Å². The quantitative estimate of drug-likeness (QED) is 0.101. The Morgan fingerprint density at radius 3 is 1.19 bits per heavy atom. The van der Waals surface area contributed by atoms with Gasteiger partial charge in [0.1, 0.15) is 11.6 Å². The maximum absolute atomic E-state index is 16.8. The summed E-state index contributed by atoms with van der Waals surface area (Å²) in [7, 11) is 0. The first-order valence-corrected chi connectivity index (χ1v) is 24.4. The molecule has 0 unspecified atom stereocenters. The van der Waals surface area contributed by atoms with Crippen molar-refractivity contribution in [2.24, 2.45) is 0 Å². The molecule has 350 valence electrons. The van der Waals surface area contributed by atoms with Crippen LogP contribution < -0.4 is 9.80 Å². The zero-order valence-electron chi connectivity index (χ0n) is 40.5. The standard InChI is InChI=1S/C68H44F2N4/c1-43-14-30-61(69)65(34-43)73(57-38-52(46-10-6-4-7-11-46)36-54(40-57)48-18-16-45(42-71)17-19-48)63-32-24-50-23-29-60-64(33-25-51-22-28-59(63)67(50)68(51)60)74(66-35-44(2)15-31-62(66)70)58-39-53(47-12-8-5-9-13-47)37-55(41-58)49-20-26-56(72-3)27-21-49/h4-41H,1-2H3. The Kier molecular flexibility index (Phi) is 11.4. The molecular formula is C68H44F2N4. The zero-order chi connectivity index (χ0) is 50.5. The normalized spacial score (nSPS) is 11.2. The van der Waals surface area contributed by atoms with Crippen molar-refractivity contribution in [3.63, 3.8) is 0 Å². The van der Waals surface area contributed by atoms with E-state index in [2.05, 4.69) is 120 Å². The van der Waals surface area contributed by atoms with Crippen LogP contribution in [-0.2, 0) is 0 Å². The fourth-order valence-electron chi connectivity index (χ4n) is 10.4. The van der Waals surface area contributed by atoms with Gasteiger partial charge in [-0.05, 0) is 176 Å². The smallest absolute Gasteiger partial charge is 0.187 e. The number of hydrogen-bond donors (Lipinski definition) is 0. The zero-order valence-corrected chi connectivity index (χ0v) is 40.5. The molecule has 0 aliphatic rings. The lowest BCUT2D eigenvalue weighted by Gasteiger charge is -2.30. The topological polar surface area (TPSA) is 34.6 Å². The van der Waals surface area contributed by atoms with Crippen LogP contribution in [0, 0.1) is 43.4 Å². The van der Waals surface area contributed by atoms with Crippen LogP contribution in [0.4, 0.5) is 48.6 Å². The van der Waals surface area contributed by atoms with Crippen LogP contribution in [0.3, 0.4) is 0 Å². The van der Waals surface area contributed by atoms with E-state index in [0.717, 1.165) is 111 Å². The summed E-state index contributed by atoms with van der Waals surface area (Å²) < 4.78 is 33.7. The second kappa shape index (κ2) is 18.7. The molecule has 6 heteroatoms. The van der Waals surface area contributed by atoms with Gasteiger partial charge < -0.3 is 9.80 Å². The Bertz CT molecular complexity index is 3920.